The summed E-state index contributed by atoms with van der Waals surface area (Å²) in [4.78, 5) is 9.50. The number of hydrogen-bond donors (Lipinski definition) is 3. The van der Waals surface area contributed by atoms with Crippen LogP contribution in [0.15, 0.2) is 24.3 Å². The van der Waals surface area contributed by atoms with Crippen molar-refractivity contribution < 1.29 is 4.79 Å². The van der Waals surface area contributed by atoms with E-state index >= 15 is 0 Å². The highest BCUT2D eigenvalue weighted by Gasteiger charge is 2.26. The summed E-state index contributed by atoms with van der Waals surface area (Å²) in [5, 5.41) is 22.9. The van der Waals surface area contributed by atoms with Crippen molar-refractivity contribution in [1.82, 2.24) is 15.5 Å². The quantitative estimate of drug-likeness (QED) is 0.578. The summed E-state index contributed by atoms with van der Waals surface area (Å²) in [7, 11) is 0. The number of amides is 1. The van der Waals surface area contributed by atoms with Crippen LogP contribution in [0.1, 0.15) is 81.5 Å². The summed E-state index contributed by atoms with van der Waals surface area (Å²) >= 11 is 0. The molecular weight excluding hydrogens is 374 g/mol. The molecule has 1 aromatic heterocycles. The van der Waals surface area contributed by atoms with Gasteiger partial charge in [-0.15, -0.1) is 0 Å². The maximum atomic E-state index is 9.50. The van der Waals surface area contributed by atoms with E-state index in [0.717, 1.165) is 30.3 Å². The molecule has 3 N–H and O–H groups in total. The number of benzene rings is 1. The van der Waals surface area contributed by atoms with Crippen LogP contribution >= 0.6 is 0 Å². The van der Waals surface area contributed by atoms with Gasteiger partial charge in [-0.2, -0.15) is 10.4 Å². The number of aromatic nitrogens is 2. The Bertz CT molecular complexity index is 882. The highest BCUT2D eigenvalue weighted by Crippen LogP contribution is 2.40. The molecule has 1 fully saturated rings. The number of H-pyrrole nitrogens is 1. The molecule has 3 unspecified atom stereocenters. The zero-order valence-corrected chi connectivity index (χ0v) is 18.2. The number of aromatic amines is 1. The Morgan fingerprint density at radius 3 is 2.77 bits per heavy atom. The number of nitrogens with one attached hydrogen (secondary N) is 3. The molecule has 4 rings (SSSR count). The topological polar surface area (TPSA) is 93.6 Å². The second-order valence-corrected chi connectivity index (χ2v) is 8.69. The number of hydrogen-bond acceptors (Lipinski definition) is 4. The van der Waals surface area contributed by atoms with E-state index in [-0.39, 0.29) is 12.0 Å². The van der Waals surface area contributed by atoms with E-state index in [1.807, 2.05) is 13.8 Å². The van der Waals surface area contributed by atoms with Gasteiger partial charge in [-0.05, 0) is 75.1 Å². The molecular formula is C24H33N5O. The molecule has 0 aliphatic heterocycles. The highest BCUT2D eigenvalue weighted by atomic mass is 16.1. The molecule has 6 nitrogen and oxygen atoms in total. The predicted octanol–water partition coefficient (Wildman–Crippen LogP) is 5.14. The highest BCUT2D eigenvalue weighted by molar-refractivity contribution is 5.60. The Morgan fingerprint density at radius 2 is 2.13 bits per heavy atom. The standard InChI is InChI=1S/C20H24N4.C4H9NO/c1-2-13-3-4-15(9-13)19-11-20(24-23-19)22-17-8-7-14-5-6-16(12-21)18(14)10-17;1-4(2)5-3-6/h7-8,10-11,13,15-16H,2-6,9H2,1H3,(H2,22,23,24);3-4H,1-2H3,(H,5,6). The van der Waals surface area contributed by atoms with Gasteiger partial charge in [-0.3, -0.25) is 9.89 Å². The van der Waals surface area contributed by atoms with Gasteiger partial charge in [-0.25, -0.2) is 0 Å². The molecule has 0 saturated heterocycles. The second-order valence-electron chi connectivity index (χ2n) is 8.69. The van der Waals surface area contributed by atoms with Crippen molar-refractivity contribution in [3.05, 3.63) is 41.1 Å². The summed E-state index contributed by atoms with van der Waals surface area (Å²) in [5.41, 5.74) is 4.77. The number of rotatable bonds is 6. The monoisotopic (exact) mass is 407 g/mol. The molecule has 2 aliphatic rings. The molecule has 1 saturated carbocycles. The van der Waals surface area contributed by atoms with Crippen LogP contribution in [0.5, 0.6) is 0 Å². The average Bonchev–Trinajstić information content (AvgIpc) is 3.47. The summed E-state index contributed by atoms with van der Waals surface area (Å²) in [6.07, 6.45) is 7.82. The van der Waals surface area contributed by atoms with Crippen LogP contribution in [-0.4, -0.2) is 22.6 Å². The van der Waals surface area contributed by atoms with Gasteiger partial charge in [0.2, 0.25) is 6.41 Å². The van der Waals surface area contributed by atoms with Crippen molar-refractivity contribution in [2.45, 2.75) is 77.2 Å². The van der Waals surface area contributed by atoms with Crippen LogP contribution in [0.3, 0.4) is 0 Å². The van der Waals surface area contributed by atoms with Crippen LogP contribution < -0.4 is 10.6 Å². The van der Waals surface area contributed by atoms with Crippen molar-refractivity contribution in [3.8, 4) is 6.07 Å². The third-order valence-electron chi connectivity index (χ3n) is 6.21. The molecule has 1 amide bonds. The first-order chi connectivity index (χ1) is 14.5. The fourth-order valence-corrected chi connectivity index (χ4v) is 4.44. The normalized spacial score (nSPS) is 22.0. The minimum absolute atomic E-state index is 0.0426. The summed E-state index contributed by atoms with van der Waals surface area (Å²) in [5.74, 6) is 2.41. The number of aryl methyl sites for hydroxylation is 1. The lowest BCUT2D eigenvalue weighted by molar-refractivity contribution is -0.109. The number of nitriles is 1. The predicted molar refractivity (Wildman–Crippen MR) is 120 cm³/mol. The Morgan fingerprint density at radius 1 is 1.30 bits per heavy atom. The Balaban J connectivity index is 0.000000377. The van der Waals surface area contributed by atoms with E-state index in [1.54, 1.807) is 0 Å². The average molecular weight is 408 g/mol. The van der Waals surface area contributed by atoms with Gasteiger partial charge in [0.15, 0.2) is 5.82 Å². The Labute approximate surface area is 179 Å². The maximum Gasteiger partial charge on any atom is 0.207 e. The summed E-state index contributed by atoms with van der Waals surface area (Å²) in [6.45, 7) is 6.11. The van der Waals surface area contributed by atoms with Crippen molar-refractivity contribution in [2.75, 3.05) is 5.32 Å². The minimum atomic E-state index is 0.0426. The van der Waals surface area contributed by atoms with Gasteiger partial charge in [0.25, 0.3) is 0 Å². The van der Waals surface area contributed by atoms with Crippen molar-refractivity contribution in [1.29, 1.82) is 5.26 Å². The van der Waals surface area contributed by atoms with E-state index < -0.39 is 0 Å². The Hall–Kier alpha value is -2.81. The van der Waals surface area contributed by atoms with E-state index in [0.29, 0.717) is 12.3 Å². The number of fused-ring (bicyclic) bond motifs is 1. The molecule has 3 atom stereocenters. The third kappa shape index (κ3) is 5.41. The van der Waals surface area contributed by atoms with Gasteiger partial charge in [-0.1, -0.05) is 19.4 Å². The lowest BCUT2D eigenvalue weighted by Gasteiger charge is -2.08. The first kappa shape index (κ1) is 21.9. The van der Waals surface area contributed by atoms with Crippen LogP contribution in [0.25, 0.3) is 0 Å². The van der Waals surface area contributed by atoms with Crippen molar-refractivity contribution in [3.63, 3.8) is 0 Å². The SMILES string of the molecule is CC(C)NC=O.CCC1CCC(c2cc(Nc3ccc4c(c3)C(C#N)CC4)n[nH]2)C1. The molecule has 6 heteroatoms. The van der Waals surface area contributed by atoms with Gasteiger partial charge in [0.1, 0.15) is 0 Å². The van der Waals surface area contributed by atoms with Gasteiger partial charge >= 0.3 is 0 Å². The molecule has 30 heavy (non-hydrogen) atoms. The summed E-state index contributed by atoms with van der Waals surface area (Å²) < 4.78 is 0. The largest absolute Gasteiger partial charge is 0.357 e. The number of carbonyl (C=O) groups excluding carboxylic acids is 1. The van der Waals surface area contributed by atoms with E-state index in [1.165, 1.54) is 42.5 Å². The first-order valence-electron chi connectivity index (χ1n) is 11.1. The maximum absolute atomic E-state index is 9.50. The second kappa shape index (κ2) is 10.3. The fraction of sp³-hybridized carbons (Fsp3) is 0.542. The molecule has 160 valence electrons. The van der Waals surface area contributed by atoms with E-state index in [9.17, 15) is 10.1 Å². The third-order valence-corrected chi connectivity index (χ3v) is 6.21. The van der Waals surface area contributed by atoms with E-state index in [2.05, 4.69) is 58.1 Å². The van der Waals surface area contributed by atoms with Gasteiger partial charge in [0.05, 0.1) is 12.0 Å². The number of carbonyl (C=O) groups is 1. The molecule has 0 bridgehead atoms. The van der Waals surface area contributed by atoms with E-state index in [4.69, 9.17) is 0 Å². The molecule has 2 aliphatic carbocycles. The van der Waals surface area contributed by atoms with Gasteiger partial charge < -0.3 is 10.6 Å². The molecule has 1 aromatic carbocycles. The van der Waals surface area contributed by atoms with Crippen molar-refractivity contribution >= 4 is 17.9 Å². The Kier molecular flexibility index (Phi) is 7.51. The van der Waals surface area contributed by atoms with Crippen molar-refractivity contribution in [2.24, 2.45) is 5.92 Å². The van der Waals surface area contributed by atoms with Crippen LogP contribution in [0.2, 0.25) is 0 Å². The minimum Gasteiger partial charge on any atom is -0.357 e. The molecule has 2 aromatic rings. The lowest BCUT2D eigenvalue weighted by atomic mass is 10.0. The fourth-order valence-electron chi connectivity index (χ4n) is 4.44. The number of nitrogens with zero attached hydrogens (tertiary/aromatic N) is 2. The van der Waals surface area contributed by atoms with Crippen LogP contribution in [0.4, 0.5) is 11.5 Å². The smallest absolute Gasteiger partial charge is 0.207 e. The molecule has 0 radical (unpaired) electrons. The molecule has 0 spiro atoms. The number of anilines is 2. The zero-order valence-electron chi connectivity index (χ0n) is 18.2. The summed E-state index contributed by atoms with van der Waals surface area (Å²) in [6, 6.07) is 11.2. The first-order valence-corrected chi connectivity index (χ1v) is 11.1. The van der Waals surface area contributed by atoms with Crippen LogP contribution in [-0.2, 0) is 11.2 Å². The van der Waals surface area contributed by atoms with Gasteiger partial charge in [0, 0.05) is 29.4 Å². The zero-order chi connectivity index (χ0) is 21.5. The van der Waals surface area contributed by atoms with Crippen LogP contribution in [0, 0.1) is 17.2 Å². The lowest BCUT2D eigenvalue weighted by Crippen LogP contribution is -2.19. The molecule has 1 heterocycles.